The highest BCUT2D eigenvalue weighted by molar-refractivity contribution is 7.99. The van der Waals surface area contributed by atoms with Crippen LogP contribution in [0.4, 0.5) is 0 Å². The number of aryl methyl sites for hydroxylation is 1. The van der Waals surface area contributed by atoms with Gasteiger partial charge in [0.2, 0.25) is 5.91 Å². The first-order valence-corrected chi connectivity index (χ1v) is 11.1. The van der Waals surface area contributed by atoms with Gasteiger partial charge in [-0.25, -0.2) is 0 Å². The van der Waals surface area contributed by atoms with Crippen molar-refractivity contribution in [3.05, 3.63) is 35.7 Å². The fourth-order valence-electron chi connectivity index (χ4n) is 3.62. The number of thioether (sulfide) groups is 1. The van der Waals surface area contributed by atoms with E-state index in [-0.39, 0.29) is 5.91 Å². The molecule has 1 aromatic heterocycles. The van der Waals surface area contributed by atoms with E-state index in [9.17, 15) is 4.79 Å². The summed E-state index contributed by atoms with van der Waals surface area (Å²) in [7, 11) is 0. The maximum Gasteiger partial charge on any atom is 0.230 e. The molecular formula is C21H30N4O2S. The third-order valence-corrected chi connectivity index (χ3v) is 6.32. The Labute approximate surface area is 171 Å². The molecule has 0 bridgehead atoms. The smallest absolute Gasteiger partial charge is 0.230 e. The van der Waals surface area contributed by atoms with E-state index in [0.29, 0.717) is 24.3 Å². The topological polar surface area (TPSA) is 69.0 Å². The van der Waals surface area contributed by atoms with Crippen LogP contribution in [0.25, 0.3) is 0 Å². The molecular weight excluding hydrogens is 372 g/mol. The van der Waals surface area contributed by atoms with Gasteiger partial charge in [-0.15, -0.1) is 10.2 Å². The maximum atomic E-state index is 12.4. The lowest BCUT2D eigenvalue weighted by Crippen LogP contribution is -2.41. The van der Waals surface area contributed by atoms with Gasteiger partial charge in [0.05, 0.1) is 5.75 Å². The number of hydrogen-bond donors (Lipinski definition) is 1. The summed E-state index contributed by atoms with van der Waals surface area (Å²) in [5, 5.41) is 12.5. The van der Waals surface area contributed by atoms with Crippen molar-refractivity contribution in [2.75, 3.05) is 5.75 Å². The highest BCUT2D eigenvalue weighted by Gasteiger charge is 2.23. The van der Waals surface area contributed by atoms with E-state index in [0.717, 1.165) is 35.3 Å². The van der Waals surface area contributed by atoms with Crippen molar-refractivity contribution < 1.29 is 9.53 Å². The molecule has 0 spiro atoms. The third kappa shape index (κ3) is 5.28. The van der Waals surface area contributed by atoms with E-state index in [1.165, 1.54) is 31.0 Å². The number of benzene rings is 1. The van der Waals surface area contributed by atoms with E-state index in [1.54, 1.807) is 0 Å². The van der Waals surface area contributed by atoms with Gasteiger partial charge < -0.3 is 14.6 Å². The first-order valence-electron chi connectivity index (χ1n) is 10.1. The van der Waals surface area contributed by atoms with Crippen LogP contribution < -0.4 is 10.1 Å². The summed E-state index contributed by atoms with van der Waals surface area (Å²) in [5.74, 6) is 2.62. The summed E-state index contributed by atoms with van der Waals surface area (Å²) in [6, 6.07) is 8.23. The van der Waals surface area contributed by atoms with Gasteiger partial charge in [-0.3, -0.25) is 4.79 Å². The second-order valence-corrected chi connectivity index (χ2v) is 8.36. The van der Waals surface area contributed by atoms with Crippen LogP contribution in [-0.4, -0.2) is 32.5 Å². The summed E-state index contributed by atoms with van der Waals surface area (Å²) in [6.07, 6.45) is 4.77. The van der Waals surface area contributed by atoms with Gasteiger partial charge in [-0.1, -0.05) is 49.7 Å². The number of carbonyl (C=O) groups excluding carboxylic acids is 1. The monoisotopic (exact) mass is 402 g/mol. The molecule has 1 aliphatic rings. The number of aromatic nitrogens is 3. The number of rotatable bonds is 8. The van der Waals surface area contributed by atoms with Crippen LogP contribution in [0.15, 0.2) is 29.4 Å². The van der Waals surface area contributed by atoms with Crippen LogP contribution in [0, 0.1) is 12.8 Å². The average Bonchev–Trinajstić information content (AvgIpc) is 3.09. The Morgan fingerprint density at radius 3 is 2.82 bits per heavy atom. The Kier molecular flexibility index (Phi) is 7.36. The lowest BCUT2D eigenvalue weighted by atomic mass is 9.86. The fraction of sp³-hybridized carbons (Fsp3) is 0.571. The standard InChI is InChI=1S/C21H30N4O2S/c1-4-25-19(13-27-18-12-8-6-10-16(18)3)23-24-21(25)28-14-20(26)22-17-11-7-5-9-15(17)2/h6,8,10,12,15,17H,4-5,7,9,11,13-14H2,1-3H3,(H,22,26)/t15-,17+/m1/s1. The van der Waals surface area contributed by atoms with E-state index >= 15 is 0 Å². The molecule has 3 rings (SSSR count). The van der Waals surface area contributed by atoms with Gasteiger partial charge in [0.1, 0.15) is 12.4 Å². The molecule has 0 unspecified atom stereocenters. The highest BCUT2D eigenvalue weighted by atomic mass is 32.2. The predicted molar refractivity (Wildman–Crippen MR) is 111 cm³/mol. The first-order chi connectivity index (χ1) is 13.6. The normalized spacial score (nSPS) is 19.4. The fourth-order valence-corrected chi connectivity index (χ4v) is 4.45. The van der Waals surface area contributed by atoms with E-state index in [1.807, 2.05) is 35.8 Å². The number of amides is 1. The number of carbonyl (C=O) groups is 1. The first kappa shape index (κ1) is 20.7. The van der Waals surface area contributed by atoms with Gasteiger partial charge in [0, 0.05) is 12.6 Å². The zero-order valence-electron chi connectivity index (χ0n) is 17.0. The number of para-hydroxylation sites is 1. The maximum absolute atomic E-state index is 12.4. The molecule has 1 saturated carbocycles. The molecule has 6 nitrogen and oxygen atoms in total. The Balaban J connectivity index is 1.54. The van der Waals surface area contributed by atoms with Gasteiger partial charge in [-0.05, 0) is 44.2 Å². The molecule has 152 valence electrons. The summed E-state index contributed by atoms with van der Waals surface area (Å²) >= 11 is 1.44. The molecule has 1 aromatic carbocycles. The van der Waals surface area contributed by atoms with E-state index in [2.05, 4.69) is 29.4 Å². The van der Waals surface area contributed by atoms with Gasteiger partial charge in [-0.2, -0.15) is 0 Å². The minimum atomic E-state index is 0.0760. The molecule has 1 N–H and O–H groups in total. The Morgan fingerprint density at radius 1 is 1.29 bits per heavy atom. The van der Waals surface area contributed by atoms with Crippen molar-refractivity contribution in [2.45, 2.75) is 70.8 Å². The lowest BCUT2D eigenvalue weighted by molar-refractivity contribution is -0.119. The van der Waals surface area contributed by atoms with Gasteiger partial charge in [0.25, 0.3) is 0 Å². The molecule has 2 aromatic rings. The summed E-state index contributed by atoms with van der Waals surface area (Å²) in [4.78, 5) is 12.4. The number of nitrogens with zero attached hydrogens (tertiary/aromatic N) is 3. The molecule has 1 fully saturated rings. The molecule has 1 heterocycles. The molecule has 1 amide bonds. The minimum absolute atomic E-state index is 0.0760. The zero-order valence-corrected chi connectivity index (χ0v) is 17.8. The van der Waals surface area contributed by atoms with Gasteiger partial charge >= 0.3 is 0 Å². The Morgan fingerprint density at radius 2 is 2.07 bits per heavy atom. The third-order valence-electron chi connectivity index (χ3n) is 5.35. The molecule has 2 atom stereocenters. The minimum Gasteiger partial charge on any atom is -0.485 e. The molecule has 0 radical (unpaired) electrons. The van der Waals surface area contributed by atoms with E-state index < -0.39 is 0 Å². The zero-order chi connectivity index (χ0) is 19.9. The number of hydrogen-bond acceptors (Lipinski definition) is 5. The van der Waals surface area contributed by atoms with Crippen molar-refractivity contribution in [2.24, 2.45) is 5.92 Å². The molecule has 7 heteroatoms. The number of ether oxygens (including phenoxy) is 1. The van der Waals surface area contributed by atoms with E-state index in [4.69, 9.17) is 4.74 Å². The Bertz CT molecular complexity index is 792. The molecule has 0 aliphatic heterocycles. The van der Waals surface area contributed by atoms with Crippen LogP contribution in [-0.2, 0) is 17.9 Å². The molecule has 28 heavy (non-hydrogen) atoms. The van der Waals surface area contributed by atoms with Crippen molar-refractivity contribution >= 4 is 17.7 Å². The quantitative estimate of drug-likeness (QED) is 0.677. The second-order valence-electron chi connectivity index (χ2n) is 7.42. The van der Waals surface area contributed by atoms with Crippen LogP contribution in [0.3, 0.4) is 0 Å². The van der Waals surface area contributed by atoms with Gasteiger partial charge in [0.15, 0.2) is 11.0 Å². The largest absolute Gasteiger partial charge is 0.485 e. The highest BCUT2D eigenvalue weighted by Crippen LogP contribution is 2.24. The van der Waals surface area contributed by atoms with Crippen LogP contribution >= 0.6 is 11.8 Å². The Hall–Kier alpha value is -2.02. The number of nitrogens with one attached hydrogen (secondary N) is 1. The lowest BCUT2D eigenvalue weighted by Gasteiger charge is -2.29. The summed E-state index contributed by atoms with van der Waals surface area (Å²) in [5.41, 5.74) is 1.09. The van der Waals surface area contributed by atoms with Crippen LogP contribution in [0.1, 0.15) is 50.9 Å². The summed E-state index contributed by atoms with van der Waals surface area (Å²) in [6.45, 7) is 7.40. The van der Waals surface area contributed by atoms with Crippen molar-refractivity contribution in [1.29, 1.82) is 0 Å². The second kappa shape index (κ2) is 9.96. The molecule has 0 saturated heterocycles. The SMILES string of the molecule is CCn1c(COc2ccccc2C)nnc1SCC(=O)N[C@H]1CCCC[C@H]1C. The molecule has 1 aliphatic carbocycles. The van der Waals surface area contributed by atoms with Crippen LogP contribution in [0.5, 0.6) is 5.75 Å². The van der Waals surface area contributed by atoms with Crippen LogP contribution in [0.2, 0.25) is 0 Å². The predicted octanol–water partition coefficient (Wildman–Crippen LogP) is 3.97. The average molecular weight is 403 g/mol. The van der Waals surface area contributed by atoms with Crippen molar-refractivity contribution in [3.63, 3.8) is 0 Å². The summed E-state index contributed by atoms with van der Waals surface area (Å²) < 4.78 is 7.92. The van der Waals surface area contributed by atoms with Crippen molar-refractivity contribution in [1.82, 2.24) is 20.1 Å². The van der Waals surface area contributed by atoms with Crippen molar-refractivity contribution in [3.8, 4) is 5.75 Å².